The number of benzene rings is 1. The Bertz CT molecular complexity index is 639. The summed E-state index contributed by atoms with van der Waals surface area (Å²) in [5.41, 5.74) is -0.0534. The summed E-state index contributed by atoms with van der Waals surface area (Å²) >= 11 is 0. The second kappa shape index (κ2) is 7.23. The molecule has 1 aromatic heterocycles. The zero-order valence-corrected chi connectivity index (χ0v) is 13.9. The van der Waals surface area contributed by atoms with Crippen LogP contribution in [0.3, 0.4) is 0 Å². The molecule has 0 aliphatic rings. The first-order valence-corrected chi connectivity index (χ1v) is 7.55. The van der Waals surface area contributed by atoms with Crippen LogP contribution in [0.5, 0.6) is 0 Å². The summed E-state index contributed by atoms with van der Waals surface area (Å²) in [5.74, 6) is 0.985. The van der Waals surface area contributed by atoms with Gasteiger partial charge in [-0.25, -0.2) is 4.79 Å². The molecule has 0 saturated heterocycles. The van der Waals surface area contributed by atoms with Crippen molar-refractivity contribution in [3.8, 4) is 0 Å². The van der Waals surface area contributed by atoms with Crippen molar-refractivity contribution in [3.05, 3.63) is 42.0 Å². The molecular weight excluding hydrogens is 294 g/mol. The number of aromatic nitrogens is 2. The number of urea groups is 1. The molecular formula is C16H23N5O2. The van der Waals surface area contributed by atoms with Crippen LogP contribution in [-0.2, 0) is 12.0 Å². The zero-order chi connectivity index (χ0) is 16.9. The lowest BCUT2D eigenvalue weighted by Gasteiger charge is -2.22. The number of anilines is 1. The van der Waals surface area contributed by atoms with Gasteiger partial charge in [0.25, 0.3) is 5.89 Å². The number of likely N-dealkylation sites (N-methyl/N-ethyl adjacent to an activating group) is 1. The van der Waals surface area contributed by atoms with Gasteiger partial charge in [0.2, 0.25) is 0 Å². The fraction of sp³-hybridized carbons (Fsp3) is 0.438. The normalized spacial score (nSPS) is 12.7. The lowest BCUT2D eigenvalue weighted by molar-refractivity contribution is 0.228. The van der Waals surface area contributed by atoms with Gasteiger partial charge in [0, 0.05) is 18.2 Å². The Balaban J connectivity index is 1.99. The highest BCUT2D eigenvalue weighted by molar-refractivity contribution is 5.89. The molecule has 0 saturated carbocycles. The lowest BCUT2D eigenvalue weighted by Crippen LogP contribution is -2.43. The summed E-state index contributed by atoms with van der Waals surface area (Å²) in [5, 5.41) is 12.7. The number of carbonyl (C=O) groups excluding carboxylic acids is 1. The van der Waals surface area contributed by atoms with Gasteiger partial charge in [0.15, 0.2) is 5.82 Å². The summed E-state index contributed by atoms with van der Waals surface area (Å²) in [7, 11) is 1.88. The fourth-order valence-corrected chi connectivity index (χ4v) is 1.99. The van der Waals surface area contributed by atoms with Gasteiger partial charge in [-0.1, -0.05) is 23.4 Å². The van der Waals surface area contributed by atoms with Gasteiger partial charge in [0.05, 0.1) is 0 Å². The van der Waals surface area contributed by atoms with Crippen molar-refractivity contribution in [3.63, 3.8) is 0 Å². The number of amides is 2. The van der Waals surface area contributed by atoms with Gasteiger partial charge in [-0.15, -0.1) is 0 Å². The van der Waals surface area contributed by atoms with Gasteiger partial charge >= 0.3 is 6.03 Å². The van der Waals surface area contributed by atoms with E-state index in [0.29, 0.717) is 18.1 Å². The molecule has 124 valence electrons. The van der Waals surface area contributed by atoms with Gasteiger partial charge in [-0.3, -0.25) is 0 Å². The minimum Gasteiger partial charge on any atom is -0.337 e. The van der Waals surface area contributed by atoms with Crippen molar-refractivity contribution < 1.29 is 9.32 Å². The molecule has 0 fully saturated rings. The van der Waals surface area contributed by atoms with Crippen LogP contribution in [0, 0.1) is 0 Å². The van der Waals surface area contributed by atoms with E-state index in [1.807, 2.05) is 58.2 Å². The van der Waals surface area contributed by atoms with E-state index < -0.39 is 5.54 Å². The molecule has 0 bridgehead atoms. The number of hydrogen-bond acceptors (Lipinski definition) is 5. The van der Waals surface area contributed by atoms with Crippen molar-refractivity contribution in [2.45, 2.75) is 38.8 Å². The maximum Gasteiger partial charge on any atom is 0.320 e. The van der Waals surface area contributed by atoms with E-state index in [-0.39, 0.29) is 12.1 Å². The van der Waals surface area contributed by atoms with Gasteiger partial charge in [-0.05, 0) is 40.0 Å². The number of hydrogen-bond donors (Lipinski definition) is 3. The Morgan fingerprint density at radius 1 is 1.30 bits per heavy atom. The van der Waals surface area contributed by atoms with E-state index in [9.17, 15) is 4.79 Å². The lowest BCUT2D eigenvalue weighted by atomic mass is 10.1. The Morgan fingerprint density at radius 2 is 2.00 bits per heavy atom. The molecule has 0 radical (unpaired) electrons. The van der Waals surface area contributed by atoms with Gasteiger partial charge in [-0.2, -0.15) is 4.98 Å². The highest BCUT2D eigenvalue weighted by atomic mass is 16.5. The highest BCUT2D eigenvalue weighted by Gasteiger charge is 2.29. The average Bonchev–Trinajstić information content (AvgIpc) is 2.97. The van der Waals surface area contributed by atoms with E-state index in [4.69, 9.17) is 4.52 Å². The number of carbonyl (C=O) groups is 1. The maximum atomic E-state index is 12.1. The minimum atomic E-state index is -0.771. The fourth-order valence-electron chi connectivity index (χ4n) is 1.99. The summed E-state index contributed by atoms with van der Waals surface area (Å²) < 4.78 is 5.29. The summed E-state index contributed by atoms with van der Waals surface area (Å²) in [6.45, 7) is 5.67. The Labute approximate surface area is 135 Å². The molecule has 2 aromatic rings. The second-order valence-corrected chi connectivity index (χ2v) is 5.98. The molecule has 1 heterocycles. The van der Waals surface area contributed by atoms with Crippen LogP contribution >= 0.6 is 0 Å². The van der Waals surface area contributed by atoms with Crippen molar-refractivity contribution >= 4 is 11.7 Å². The van der Waals surface area contributed by atoms with Crippen LogP contribution in [0.4, 0.5) is 10.5 Å². The summed E-state index contributed by atoms with van der Waals surface area (Å²) in [6, 6.07) is 9.15. The van der Waals surface area contributed by atoms with E-state index in [1.54, 1.807) is 0 Å². The molecule has 7 heteroatoms. The largest absolute Gasteiger partial charge is 0.337 e. The third kappa shape index (κ3) is 4.79. The molecule has 7 nitrogen and oxygen atoms in total. The van der Waals surface area contributed by atoms with Crippen molar-refractivity contribution in [2.24, 2.45) is 0 Å². The second-order valence-electron chi connectivity index (χ2n) is 5.98. The predicted molar refractivity (Wildman–Crippen MR) is 88.1 cm³/mol. The molecule has 0 spiro atoms. The third-order valence-corrected chi connectivity index (χ3v) is 3.44. The minimum absolute atomic E-state index is 0.248. The summed E-state index contributed by atoms with van der Waals surface area (Å²) in [6.07, 6.45) is 0.659. The first-order chi connectivity index (χ1) is 10.9. The Hall–Kier alpha value is -2.41. The SMILES string of the molecule is CNC(C)Cc1noc(C(C)(C)NC(=O)Nc2ccccc2)n1. The van der Waals surface area contributed by atoms with Crippen LogP contribution < -0.4 is 16.0 Å². The molecule has 1 atom stereocenters. The van der Waals surface area contributed by atoms with Crippen molar-refractivity contribution in [1.82, 2.24) is 20.8 Å². The standard InChI is InChI=1S/C16H23N5O2/c1-11(17-4)10-13-19-14(23-21-13)16(2,3)20-15(22)18-12-8-6-5-7-9-12/h5-9,11,17H,10H2,1-4H3,(H2,18,20,22). The smallest absolute Gasteiger partial charge is 0.320 e. The Kier molecular flexibility index (Phi) is 5.33. The van der Waals surface area contributed by atoms with Crippen LogP contribution in [0.25, 0.3) is 0 Å². The molecule has 0 aliphatic carbocycles. The molecule has 0 aliphatic heterocycles. The van der Waals surface area contributed by atoms with E-state index in [0.717, 1.165) is 5.69 Å². The molecule has 2 rings (SSSR count). The number of para-hydroxylation sites is 1. The highest BCUT2D eigenvalue weighted by Crippen LogP contribution is 2.18. The van der Waals surface area contributed by atoms with E-state index in [1.165, 1.54) is 0 Å². The van der Waals surface area contributed by atoms with Crippen LogP contribution in [-0.4, -0.2) is 29.3 Å². The van der Waals surface area contributed by atoms with Crippen LogP contribution in [0.1, 0.15) is 32.5 Å². The van der Waals surface area contributed by atoms with Gasteiger partial charge in [0.1, 0.15) is 5.54 Å². The summed E-state index contributed by atoms with van der Waals surface area (Å²) in [4.78, 5) is 16.5. The monoisotopic (exact) mass is 317 g/mol. The van der Waals surface area contributed by atoms with Crippen molar-refractivity contribution in [1.29, 1.82) is 0 Å². The van der Waals surface area contributed by atoms with Gasteiger partial charge < -0.3 is 20.5 Å². The predicted octanol–water partition coefficient (Wildman–Crippen LogP) is 2.28. The topological polar surface area (TPSA) is 92.1 Å². The zero-order valence-electron chi connectivity index (χ0n) is 13.9. The number of rotatable bonds is 6. The molecule has 3 N–H and O–H groups in total. The average molecular weight is 317 g/mol. The first kappa shape index (κ1) is 17.0. The number of nitrogens with zero attached hydrogens (tertiary/aromatic N) is 2. The van der Waals surface area contributed by atoms with Crippen LogP contribution in [0.15, 0.2) is 34.9 Å². The molecule has 1 aromatic carbocycles. The third-order valence-electron chi connectivity index (χ3n) is 3.44. The molecule has 2 amide bonds. The van der Waals surface area contributed by atoms with Crippen molar-refractivity contribution in [2.75, 3.05) is 12.4 Å². The quantitative estimate of drug-likeness (QED) is 0.760. The van der Waals surface area contributed by atoms with E-state index >= 15 is 0 Å². The maximum absolute atomic E-state index is 12.1. The molecule has 1 unspecified atom stereocenters. The Morgan fingerprint density at radius 3 is 2.65 bits per heavy atom. The van der Waals surface area contributed by atoms with E-state index in [2.05, 4.69) is 26.1 Å². The first-order valence-electron chi connectivity index (χ1n) is 7.55. The van der Waals surface area contributed by atoms with Crippen LogP contribution in [0.2, 0.25) is 0 Å². The number of nitrogens with one attached hydrogen (secondary N) is 3. The molecule has 23 heavy (non-hydrogen) atoms.